The van der Waals surface area contributed by atoms with Crippen LogP contribution >= 0.6 is 0 Å². The Morgan fingerprint density at radius 1 is 1.17 bits per heavy atom. The van der Waals surface area contributed by atoms with E-state index in [0.29, 0.717) is 23.4 Å². The minimum atomic E-state index is -0.251. The Morgan fingerprint density at radius 3 is 2.48 bits per heavy atom. The third-order valence-corrected chi connectivity index (χ3v) is 3.59. The van der Waals surface area contributed by atoms with Crippen molar-refractivity contribution in [2.75, 3.05) is 12.4 Å². The maximum absolute atomic E-state index is 11.9. The summed E-state index contributed by atoms with van der Waals surface area (Å²) in [6.07, 6.45) is 1.41. The highest BCUT2D eigenvalue weighted by Gasteiger charge is 2.16. The number of ether oxygens (including phenoxy) is 1. The van der Waals surface area contributed by atoms with Gasteiger partial charge in [0, 0.05) is 16.8 Å². The van der Waals surface area contributed by atoms with Crippen LogP contribution in [0.4, 0.5) is 5.69 Å². The van der Waals surface area contributed by atoms with Crippen molar-refractivity contribution in [1.29, 1.82) is 0 Å². The van der Waals surface area contributed by atoms with Crippen molar-refractivity contribution < 1.29 is 14.6 Å². The monoisotopic (exact) mass is 311 g/mol. The lowest BCUT2D eigenvalue weighted by atomic mass is 10.0. The highest BCUT2D eigenvalue weighted by atomic mass is 16.5. The van der Waals surface area contributed by atoms with E-state index < -0.39 is 0 Å². The van der Waals surface area contributed by atoms with Crippen molar-refractivity contribution in [3.63, 3.8) is 0 Å². The number of methoxy groups -OCH3 is 1. The summed E-state index contributed by atoms with van der Waals surface area (Å²) in [6, 6.07) is 13.2. The number of aromatic hydroxyl groups is 1. The molecule has 120 valence electrons. The fourth-order valence-electron chi connectivity index (χ4n) is 2.35. The summed E-state index contributed by atoms with van der Waals surface area (Å²) in [4.78, 5) is 11.9. The summed E-state index contributed by atoms with van der Waals surface area (Å²) >= 11 is 0. The Hall–Kier alpha value is -2.75. The molecule has 0 aliphatic heterocycles. The van der Waals surface area contributed by atoms with Gasteiger partial charge in [-0.1, -0.05) is 36.9 Å². The van der Waals surface area contributed by atoms with Crippen molar-refractivity contribution in [3.8, 4) is 11.5 Å². The van der Waals surface area contributed by atoms with Gasteiger partial charge in [0.15, 0.2) is 11.5 Å². The fourth-order valence-corrected chi connectivity index (χ4v) is 2.35. The maximum atomic E-state index is 11.9. The topological polar surface area (TPSA) is 58.6 Å². The second kappa shape index (κ2) is 7.49. The number of carbonyl (C=O) groups is 1. The molecule has 0 saturated carbocycles. The van der Waals surface area contributed by atoms with Crippen LogP contribution in [-0.2, 0) is 17.6 Å². The summed E-state index contributed by atoms with van der Waals surface area (Å²) in [5.74, 6) is 0.197. The lowest BCUT2D eigenvalue weighted by molar-refractivity contribution is -0.112. The van der Waals surface area contributed by atoms with Gasteiger partial charge in [0.05, 0.1) is 7.11 Å². The van der Waals surface area contributed by atoms with Gasteiger partial charge in [0.2, 0.25) is 0 Å². The lowest BCUT2D eigenvalue weighted by Crippen LogP contribution is -2.14. The zero-order chi connectivity index (χ0) is 16.8. The molecule has 0 aliphatic rings. The van der Waals surface area contributed by atoms with E-state index in [0.717, 1.165) is 12.0 Å². The number of benzene rings is 2. The van der Waals surface area contributed by atoms with Crippen LogP contribution in [0, 0.1) is 0 Å². The van der Waals surface area contributed by atoms with Gasteiger partial charge in [-0.25, -0.2) is 0 Å². The first-order valence-electron chi connectivity index (χ1n) is 7.42. The van der Waals surface area contributed by atoms with E-state index in [2.05, 4.69) is 11.9 Å². The van der Waals surface area contributed by atoms with E-state index in [1.54, 1.807) is 13.0 Å². The van der Waals surface area contributed by atoms with Gasteiger partial charge in [0.25, 0.3) is 5.91 Å². The van der Waals surface area contributed by atoms with Gasteiger partial charge in [-0.3, -0.25) is 4.79 Å². The molecule has 0 radical (unpaired) electrons. The molecule has 2 N–H and O–H groups in total. The Bertz CT molecular complexity index is 708. The number of carbonyl (C=O) groups excluding carboxylic acids is 1. The molecule has 0 heterocycles. The number of hydrogen-bond acceptors (Lipinski definition) is 3. The first-order chi connectivity index (χ1) is 11.0. The van der Waals surface area contributed by atoms with Crippen LogP contribution in [-0.4, -0.2) is 18.1 Å². The quantitative estimate of drug-likeness (QED) is 0.632. The van der Waals surface area contributed by atoms with Gasteiger partial charge < -0.3 is 15.2 Å². The number of amides is 1. The molecule has 23 heavy (non-hydrogen) atoms. The number of rotatable bonds is 6. The SMILES string of the molecule is C=C(C)C(=O)Nc1ccc(O)c(OC)c1CCc1ccccc1. The first-order valence-corrected chi connectivity index (χ1v) is 7.42. The number of phenolic OH excluding ortho intramolecular Hbond substituents is 1. The second-order valence-electron chi connectivity index (χ2n) is 5.36. The van der Waals surface area contributed by atoms with Crippen molar-refractivity contribution in [2.45, 2.75) is 19.8 Å². The van der Waals surface area contributed by atoms with Crippen LogP contribution in [0.15, 0.2) is 54.6 Å². The molecular weight excluding hydrogens is 290 g/mol. The van der Waals surface area contributed by atoms with Crippen molar-refractivity contribution in [2.24, 2.45) is 0 Å². The third kappa shape index (κ3) is 4.13. The highest BCUT2D eigenvalue weighted by Crippen LogP contribution is 2.36. The van der Waals surface area contributed by atoms with Crippen LogP contribution in [0.1, 0.15) is 18.1 Å². The average molecular weight is 311 g/mol. The molecule has 0 spiro atoms. The molecule has 2 rings (SSSR count). The number of aryl methyl sites for hydroxylation is 1. The van der Waals surface area contributed by atoms with E-state index in [4.69, 9.17) is 4.74 Å². The molecule has 4 nitrogen and oxygen atoms in total. The normalized spacial score (nSPS) is 10.2. The molecule has 0 bridgehead atoms. The summed E-state index contributed by atoms with van der Waals surface area (Å²) in [5.41, 5.74) is 3.00. The zero-order valence-electron chi connectivity index (χ0n) is 13.4. The largest absolute Gasteiger partial charge is 0.504 e. The molecule has 2 aromatic rings. The van der Waals surface area contributed by atoms with Gasteiger partial charge in [0.1, 0.15) is 0 Å². The number of nitrogens with one attached hydrogen (secondary N) is 1. The standard InChI is InChI=1S/C19H21NO3/c1-13(2)19(22)20-16-11-12-17(21)18(23-3)15(16)10-9-14-7-5-4-6-8-14/h4-8,11-12,21H,1,9-10H2,2-3H3,(H,20,22). The molecule has 0 unspecified atom stereocenters. The minimum Gasteiger partial charge on any atom is -0.504 e. The predicted molar refractivity (Wildman–Crippen MR) is 92.0 cm³/mol. The molecule has 4 heteroatoms. The van der Waals surface area contributed by atoms with E-state index in [9.17, 15) is 9.90 Å². The molecule has 0 fully saturated rings. The van der Waals surface area contributed by atoms with Gasteiger partial charge in [-0.05, 0) is 37.5 Å². The van der Waals surface area contributed by atoms with Gasteiger partial charge >= 0.3 is 0 Å². The summed E-state index contributed by atoms with van der Waals surface area (Å²) in [7, 11) is 1.51. The minimum absolute atomic E-state index is 0.0592. The molecule has 2 aromatic carbocycles. The van der Waals surface area contributed by atoms with E-state index >= 15 is 0 Å². The molecule has 0 aliphatic carbocycles. The van der Waals surface area contributed by atoms with Crippen molar-refractivity contribution in [1.82, 2.24) is 0 Å². The van der Waals surface area contributed by atoms with Crippen molar-refractivity contribution >= 4 is 11.6 Å². The highest BCUT2D eigenvalue weighted by molar-refractivity contribution is 6.03. The van der Waals surface area contributed by atoms with E-state index in [1.807, 2.05) is 30.3 Å². The molecule has 0 aromatic heterocycles. The molecule has 0 atom stereocenters. The summed E-state index contributed by atoms with van der Waals surface area (Å²) in [6.45, 7) is 5.29. The van der Waals surface area contributed by atoms with Crippen LogP contribution in [0.3, 0.4) is 0 Å². The van der Waals surface area contributed by atoms with Crippen LogP contribution in [0.25, 0.3) is 0 Å². The molecule has 0 saturated heterocycles. The second-order valence-corrected chi connectivity index (χ2v) is 5.36. The number of anilines is 1. The van der Waals surface area contributed by atoms with Crippen molar-refractivity contribution in [3.05, 3.63) is 65.7 Å². The van der Waals surface area contributed by atoms with Crippen LogP contribution in [0.2, 0.25) is 0 Å². The van der Waals surface area contributed by atoms with Crippen LogP contribution < -0.4 is 10.1 Å². The maximum Gasteiger partial charge on any atom is 0.250 e. The summed E-state index contributed by atoms with van der Waals surface area (Å²) in [5, 5.41) is 12.8. The van der Waals surface area contributed by atoms with E-state index in [-0.39, 0.29) is 11.7 Å². The Kier molecular flexibility index (Phi) is 5.41. The average Bonchev–Trinajstić information content (AvgIpc) is 2.55. The first kappa shape index (κ1) is 16.6. The van der Waals surface area contributed by atoms with Crippen LogP contribution in [0.5, 0.6) is 11.5 Å². The zero-order valence-corrected chi connectivity index (χ0v) is 13.4. The number of phenols is 1. The van der Waals surface area contributed by atoms with Gasteiger partial charge in [-0.2, -0.15) is 0 Å². The Balaban J connectivity index is 2.31. The Morgan fingerprint density at radius 2 is 1.87 bits per heavy atom. The molecular formula is C19H21NO3. The summed E-state index contributed by atoms with van der Waals surface area (Å²) < 4.78 is 5.32. The molecule has 1 amide bonds. The number of hydrogen-bond donors (Lipinski definition) is 2. The predicted octanol–water partition coefficient (Wildman–Crippen LogP) is 3.70. The van der Waals surface area contributed by atoms with E-state index in [1.165, 1.54) is 18.7 Å². The third-order valence-electron chi connectivity index (χ3n) is 3.59. The smallest absolute Gasteiger partial charge is 0.250 e. The fraction of sp³-hybridized carbons (Fsp3) is 0.211. The Labute approximate surface area is 136 Å². The lowest BCUT2D eigenvalue weighted by Gasteiger charge is -2.16. The van der Waals surface area contributed by atoms with Gasteiger partial charge in [-0.15, -0.1) is 0 Å².